The molecule has 20 heavy (non-hydrogen) atoms. The fraction of sp³-hybridized carbons (Fsp3) is 0.417. The number of nitrogens with two attached hydrogens (primary N) is 1. The Balaban J connectivity index is 2.31. The van der Waals surface area contributed by atoms with Crippen LogP contribution in [-0.4, -0.2) is 27.7 Å². The zero-order valence-corrected chi connectivity index (χ0v) is 11.9. The summed E-state index contributed by atoms with van der Waals surface area (Å²) in [6.07, 6.45) is 0.377. The molecule has 0 bridgehead atoms. The molecule has 0 saturated carbocycles. The van der Waals surface area contributed by atoms with Crippen molar-refractivity contribution in [3.05, 3.63) is 23.8 Å². The molecule has 1 aliphatic heterocycles. The summed E-state index contributed by atoms with van der Waals surface area (Å²) < 4.78 is 32.1. The third kappa shape index (κ3) is 2.79. The minimum Gasteiger partial charge on any atom is -0.449 e. The number of ether oxygens (including phenoxy) is 1. The summed E-state index contributed by atoms with van der Waals surface area (Å²) in [5.41, 5.74) is 7.71. The number of carbonyl (C=O) groups excluding carboxylic acids is 1. The Morgan fingerprint density at radius 1 is 1.50 bits per heavy atom. The van der Waals surface area contributed by atoms with Crippen LogP contribution in [0.4, 0.5) is 16.2 Å². The van der Waals surface area contributed by atoms with Crippen LogP contribution in [0.1, 0.15) is 18.9 Å². The van der Waals surface area contributed by atoms with E-state index in [9.17, 15) is 13.2 Å². The number of hydrogen-bond acceptors (Lipinski definition) is 5. The third-order valence-corrected chi connectivity index (χ3v) is 4.41. The average Bonchev–Trinajstić information content (AvgIpc) is 2.38. The molecular weight excluding hydrogens is 282 g/mol. The monoisotopic (exact) mass is 299 g/mol. The van der Waals surface area contributed by atoms with Gasteiger partial charge in [-0.3, -0.25) is 4.31 Å². The summed E-state index contributed by atoms with van der Waals surface area (Å²) in [5.74, 6) is 0. The summed E-state index contributed by atoms with van der Waals surface area (Å²) >= 11 is 0. The standard InChI is InChI=1S/C12H17N3O4S/c1-2-19-12(16)14-20(17,18)15-8-4-5-9-10(13)6-3-7-11(9)15/h3,6-7H,2,4-5,8,13H2,1H3,(H,14,16). The van der Waals surface area contributed by atoms with E-state index in [-0.39, 0.29) is 6.61 Å². The van der Waals surface area contributed by atoms with Gasteiger partial charge in [0.05, 0.1) is 12.3 Å². The van der Waals surface area contributed by atoms with Gasteiger partial charge in [0.2, 0.25) is 0 Å². The Labute approximate surface area is 117 Å². The van der Waals surface area contributed by atoms with Crippen molar-refractivity contribution in [1.82, 2.24) is 4.72 Å². The average molecular weight is 299 g/mol. The number of nitrogens with zero attached hydrogens (tertiary/aromatic N) is 1. The lowest BCUT2D eigenvalue weighted by atomic mass is 10.0. The maximum Gasteiger partial charge on any atom is 0.422 e. The molecule has 2 rings (SSSR count). The van der Waals surface area contributed by atoms with E-state index in [0.29, 0.717) is 30.8 Å². The minimum absolute atomic E-state index is 0.102. The van der Waals surface area contributed by atoms with Crippen molar-refractivity contribution in [2.75, 3.05) is 23.2 Å². The van der Waals surface area contributed by atoms with Crippen molar-refractivity contribution < 1.29 is 17.9 Å². The lowest BCUT2D eigenvalue weighted by Crippen LogP contribution is -2.46. The van der Waals surface area contributed by atoms with Gasteiger partial charge in [-0.1, -0.05) is 6.07 Å². The number of fused-ring (bicyclic) bond motifs is 1. The first-order chi connectivity index (χ1) is 9.45. The molecule has 1 amide bonds. The topological polar surface area (TPSA) is 102 Å². The highest BCUT2D eigenvalue weighted by molar-refractivity contribution is 7.91. The van der Waals surface area contributed by atoms with Crippen LogP contribution in [0.2, 0.25) is 0 Å². The second kappa shape index (κ2) is 5.58. The van der Waals surface area contributed by atoms with Crippen LogP contribution in [0.25, 0.3) is 0 Å². The quantitative estimate of drug-likeness (QED) is 0.811. The number of anilines is 2. The van der Waals surface area contributed by atoms with E-state index in [0.717, 1.165) is 9.87 Å². The number of nitrogen functional groups attached to an aromatic ring is 1. The van der Waals surface area contributed by atoms with Crippen molar-refractivity contribution in [2.45, 2.75) is 19.8 Å². The summed E-state index contributed by atoms with van der Waals surface area (Å²) in [6.45, 7) is 2.00. The molecule has 0 radical (unpaired) electrons. The predicted octanol–water partition coefficient (Wildman–Crippen LogP) is 1.01. The molecule has 0 spiro atoms. The summed E-state index contributed by atoms with van der Waals surface area (Å²) in [6, 6.07) is 5.09. The van der Waals surface area contributed by atoms with Crippen LogP contribution >= 0.6 is 0 Å². The van der Waals surface area contributed by atoms with Gasteiger partial charge in [0.15, 0.2) is 0 Å². The van der Waals surface area contributed by atoms with Gasteiger partial charge in [-0.15, -0.1) is 0 Å². The van der Waals surface area contributed by atoms with E-state index in [4.69, 9.17) is 5.73 Å². The first-order valence-corrected chi connectivity index (χ1v) is 7.74. The largest absolute Gasteiger partial charge is 0.449 e. The van der Waals surface area contributed by atoms with Crippen LogP contribution in [0.3, 0.4) is 0 Å². The second-order valence-corrected chi connectivity index (χ2v) is 5.94. The molecule has 1 aliphatic rings. The molecule has 110 valence electrons. The maximum absolute atomic E-state index is 12.2. The van der Waals surface area contributed by atoms with Crippen LogP contribution in [0.15, 0.2) is 18.2 Å². The fourth-order valence-corrected chi connectivity index (χ4v) is 3.37. The second-order valence-electron chi connectivity index (χ2n) is 4.35. The molecule has 0 aromatic heterocycles. The summed E-state index contributed by atoms with van der Waals surface area (Å²) in [4.78, 5) is 11.3. The predicted molar refractivity (Wildman–Crippen MR) is 75.6 cm³/mol. The zero-order valence-electron chi connectivity index (χ0n) is 11.1. The molecule has 0 saturated heterocycles. The Bertz CT molecular complexity index is 615. The van der Waals surface area contributed by atoms with Gasteiger partial charge < -0.3 is 10.5 Å². The fourth-order valence-electron chi connectivity index (χ4n) is 2.19. The molecule has 0 atom stereocenters. The number of benzene rings is 1. The lowest BCUT2D eigenvalue weighted by Gasteiger charge is -2.30. The van der Waals surface area contributed by atoms with Crippen LogP contribution < -0.4 is 14.8 Å². The normalized spacial score (nSPS) is 14.6. The molecule has 7 nitrogen and oxygen atoms in total. The molecule has 1 aromatic carbocycles. The SMILES string of the molecule is CCOC(=O)NS(=O)(=O)N1CCCc2c(N)cccc21. The van der Waals surface area contributed by atoms with Crippen LogP contribution in [-0.2, 0) is 21.4 Å². The van der Waals surface area contributed by atoms with Gasteiger partial charge in [0, 0.05) is 12.2 Å². The van der Waals surface area contributed by atoms with Crippen molar-refractivity contribution in [1.29, 1.82) is 0 Å². The van der Waals surface area contributed by atoms with Gasteiger partial charge in [0.1, 0.15) is 0 Å². The molecule has 0 aliphatic carbocycles. The highest BCUT2D eigenvalue weighted by atomic mass is 32.2. The zero-order chi connectivity index (χ0) is 14.8. The Hall–Kier alpha value is -1.96. The Kier molecular flexibility index (Phi) is 4.03. The minimum atomic E-state index is -3.98. The summed E-state index contributed by atoms with van der Waals surface area (Å²) in [5, 5.41) is 0. The highest BCUT2D eigenvalue weighted by Gasteiger charge is 2.29. The third-order valence-electron chi connectivity index (χ3n) is 3.02. The summed E-state index contributed by atoms with van der Waals surface area (Å²) in [7, 11) is -3.98. The molecule has 1 heterocycles. The lowest BCUT2D eigenvalue weighted by molar-refractivity contribution is 0.158. The molecule has 1 aromatic rings. The first-order valence-electron chi connectivity index (χ1n) is 6.30. The van der Waals surface area contributed by atoms with E-state index < -0.39 is 16.3 Å². The molecule has 3 N–H and O–H groups in total. The van der Waals surface area contributed by atoms with Gasteiger partial charge in [0.25, 0.3) is 0 Å². The van der Waals surface area contributed by atoms with Gasteiger partial charge >= 0.3 is 16.3 Å². The molecule has 0 fully saturated rings. The molecule has 0 unspecified atom stereocenters. The number of nitrogens with one attached hydrogen (secondary N) is 1. The van der Waals surface area contributed by atoms with Crippen molar-refractivity contribution in [3.63, 3.8) is 0 Å². The van der Waals surface area contributed by atoms with Crippen molar-refractivity contribution >= 4 is 27.7 Å². The maximum atomic E-state index is 12.2. The van der Waals surface area contributed by atoms with Crippen LogP contribution in [0, 0.1) is 0 Å². The number of rotatable bonds is 3. The van der Waals surface area contributed by atoms with E-state index in [1.807, 2.05) is 4.72 Å². The van der Waals surface area contributed by atoms with Gasteiger partial charge in [-0.05, 0) is 37.5 Å². The van der Waals surface area contributed by atoms with Gasteiger partial charge in [-0.25, -0.2) is 9.52 Å². The van der Waals surface area contributed by atoms with Crippen LogP contribution in [0.5, 0.6) is 0 Å². The smallest absolute Gasteiger partial charge is 0.422 e. The number of carbonyl (C=O) groups is 1. The van der Waals surface area contributed by atoms with E-state index in [2.05, 4.69) is 4.74 Å². The Morgan fingerprint density at radius 3 is 2.95 bits per heavy atom. The molecule has 8 heteroatoms. The number of hydrogen-bond donors (Lipinski definition) is 2. The van der Waals surface area contributed by atoms with E-state index in [1.54, 1.807) is 25.1 Å². The molecular formula is C12H17N3O4S. The highest BCUT2D eigenvalue weighted by Crippen LogP contribution is 2.32. The van der Waals surface area contributed by atoms with E-state index in [1.165, 1.54) is 0 Å². The number of amides is 1. The van der Waals surface area contributed by atoms with Crippen molar-refractivity contribution in [2.24, 2.45) is 0 Å². The van der Waals surface area contributed by atoms with E-state index >= 15 is 0 Å². The van der Waals surface area contributed by atoms with Crippen molar-refractivity contribution in [3.8, 4) is 0 Å². The first kappa shape index (κ1) is 14.4. The Morgan fingerprint density at radius 2 is 2.25 bits per heavy atom. The van der Waals surface area contributed by atoms with Gasteiger partial charge in [-0.2, -0.15) is 8.42 Å².